The van der Waals surface area contributed by atoms with Gasteiger partial charge in [0.15, 0.2) is 10.5 Å². The average molecular weight is 381 g/mol. The maximum atomic E-state index is 13.7. The van der Waals surface area contributed by atoms with Crippen LogP contribution in [0.4, 0.5) is 5.69 Å². The van der Waals surface area contributed by atoms with Crippen molar-refractivity contribution in [3.8, 4) is 0 Å². The minimum absolute atomic E-state index is 0.107. The molecule has 2 aromatic rings. The van der Waals surface area contributed by atoms with E-state index in [2.05, 4.69) is 5.32 Å². The first-order valence-corrected chi connectivity index (χ1v) is 9.35. The Labute approximate surface area is 162 Å². The highest BCUT2D eigenvalue weighted by molar-refractivity contribution is 7.80. The van der Waals surface area contributed by atoms with Crippen molar-refractivity contribution in [3.05, 3.63) is 75.8 Å². The maximum absolute atomic E-state index is 13.7. The second-order valence-corrected chi connectivity index (χ2v) is 7.33. The lowest BCUT2D eigenvalue weighted by atomic mass is 9.75. The third-order valence-electron chi connectivity index (χ3n) is 5.41. The highest BCUT2D eigenvalue weighted by atomic mass is 32.1. The smallest absolute Gasteiger partial charge is 0.272 e. The van der Waals surface area contributed by atoms with E-state index in [1.807, 2.05) is 61.5 Å². The van der Waals surface area contributed by atoms with Gasteiger partial charge in [-0.25, -0.2) is 0 Å². The number of hydrogen-bond donors (Lipinski definition) is 1. The standard InChI is InChI=1S/C20H19N3O3S/c1-2-12-22-15-11-7-6-10-14(15)20(19(22)24)16(13-8-4-3-5-9-13)17(23(25)26)18(27)21-20/h3-11,16-17H,2,12H2,1H3,(H,21,27)/t16-,17-,20-/m1/s1. The molecule has 27 heavy (non-hydrogen) atoms. The van der Waals surface area contributed by atoms with E-state index in [-0.39, 0.29) is 15.8 Å². The molecular weight excluding hydrogens is 362 g/mol. The molecule has 1 fully saturated rings. The average Bonchev–Trinajstić information content (AvgIpc) is 3.11. The molecule has 1 amide bonds. The topological polar surface area (TPSA) is 75.5 Å². The number of nitrogens with zero attached hydrogens (tertiary/aromatic N) is 2. The number of nitro groups is 1. The Hall–Kier alpha value is -2.80. The van der Waals surface area contributed by atoms with Crippen LogP contribution in [0.5, 0.6) is 0 Å². The fraction of sp³-hybridized carbons (Fsp3) is 0.300. The molecule has 2 heterocycles. The van der Waals surface area contributed by atoms with Gasteiger partial charge in [0.05, 0.1) is 5.92 Å². The molecule has 1 N–H and O–H groups in total. The minimum atomic E-state index is -1.25. The Kier molecular flexibility index (Phi) is 4.19. The third kappa shape index (κ3) is 2.38. The molecular formula is C20H19N3O3S. The molecule has 4 rings (SSSR count). The summed E-state index contributed by atoms with van der Waals surface area (Å²) >= 11 is 5.36. The molecule has 0 saturated carbocycles. The van der Waals surface area contributed by atoms with E-state index in [0.717, 1.165) is 23.2 Å². The molecule has 2 aliphatic heterocycles. The van der Waals surface area contributed by atoms with Crippen LogP contribution >= 0.6 is 12.2 Å². The zero-order chi connectivity index (χ0) is 19.2. The normalized spacial score (nSPS) is 26.3. The number of para-hydroxylation sites is 1. The summed E-state index contributed by atoms with van der Waals surface area (Å²) < 4.78 is 0. The van der Waals surface area contributed by atoms with Gasteiger partial charge in [0.1, 0.15) is 0 Å². The summed E-state index contributed by atoms with van der Waals surface area (Å²) in [5, 5.41) is 15.0. The number of carbonyl (C=O) groups is 1. The van der Waals surface area contributed by atoms with E-state index >= 15 is 0 Å². The van der Waals surface area contributed by atoms with Crippen LogP contribution in [0.25, 0.3) is 0 Å². The molecule has 0 aromatic heterocycles. The van der Waals surface area contributed by atoms with Crippen molar-refractivity contribution in [2.75, 3.05) is 11.4 Å². The first-order chi connectivity index (χ1) is 13.0. The zero-order valence-corrected chi connectivity index (χ0v) is 15.6. The quantitative estimate of drug-likeness (QED) is 0.501. The van der Waals surface area contributed by atoms with Crippen LogP contribution in [0, 0.1) is 10.1 Å². The number of carbonyl (C=O) groups excluding carboxylic acids is 1. The Morgan fingerprint density at radius 3 is 2.52 bits per heavy atom. The van der Waals surface area contributed by atoms with Gasteiger partial charge in [0.25, 0.3) is 11.9 Å². The molecule has 138 valence electrons. The molecule has 7 heteroatoms. The Balaban J connectivity index is 1.98. The molecule has 0 unspecified atom stereocenters. The highest BCUT2D eigenvalue weighted by Gasteiger charge is 2.66. The number of hydrogen-bond acceptors (Lipinski definition) is 4. The van der Waals surface area contributed by atoms with Crippen molar-refractivity contribution in [1.82, 2.24) is 5.32 Å². The van der Waals surface area contributed by atoms with E-state index in [9.17, 15) is 14.9 Å². The van der Waals surface area contributed by atoms with Crippen LogP contribution in [-0.2, 0) is 10.3 Å². The van der Waals surface area contributed by atoms with Gasteiger partial charge in [-0.1, -0.05) is 67.7 Å². The zero-order valence-electron chi connectivity index (χ0n) is 14.8. The van der Waals surface area contributed by atoms with Gasteiger partial charge < -0.3 is 10.2 Å². The molecule has 1 spiro atoms. The van der Waals surface area contributed by atoms with Crippen LogP contribution in [0.2, 0.25) is 0 Å². The number of fused-ring (bicyclic) bond motifs is 2. The molecule has 2 aromatic carbocycles. The third-order valence-corrected chi connectivity index (χ3v) is 5.75. The van der Waals surface area contributed by atoms with E-state index in [1.54, 1.807) is 4.90 Å². The molecule has 0 bridgehead atoms. The summed E-state index contributed by atoms with van der Waals surface area (Å²) in [5.41, 5.74) is 1.03. The maximum Gasteiger partial charge on any atom is 0.272 e. The second kappa shape index (κ2) is 6.42. The predicted molar refractivity (Wildman–Crippen MR) is 106 cm³/mol. The number of rotatable bonds is 4. The lowest BCUT2D eigenvalue weighted by Crippen LogP contribution is -2.51. The summed E-state index contributed by atoms with van der Waals surface area (Å²) in [4.78, 5) is 27.0. The van der Waals surface area contributed by atoms with Crippen LogP contribution in [0.1, 0.15) is 30.4 Å². The summed E-state index contributed by atoms with van der Waals surface area (Å²) in [5.74, 6) is -0.886. The van der Waals surface area contributed by atoms with Crippen molar-refractivity contribution < 1.29 is 9.72 Å². The fourth-order valence-corrected chi connectivity index (χ4v) is 4.77. The van der Waals surface area contributed by atoms with Gasteiger partial charge in [-0.2, -0.15) is 0 Å². The van der Waals surface area contributed by atoms with E-state index < -0.39 is 17.5 Å². The van der Waals surface area contributed by atoms with Crippen molar-refractivity contribution in [3.63, 3.8) is 0 Å². The van der Waals surface area contributed by atoms with Crippen LogP contribution in [-0.4, -0.2) is 28.4 Å². The summed E-state index contributed by atoms with van der Waals surface area (Å²) in [7, 11) is 0. The van der Waals surface area contributed by atoms with Gasteiger partial charge in [0.2, 0.25) is 0 Å². The molecule has 0 aliphatic carbocycles. The fourth-order valence-electron chi connectivity index (χ4n) is 4.39. The number of anilines is 1. The van der Waals surface area contributed by atoms with Crippen molar-refractivity contribution in [2.24, 2.45) is 0 Å². The van der Waals surface area contributed by atoms with Crippen molar-refractivity contribution >= 4 is 28.8 Å². The van der Waals surface area contributed by atoms with Gasteiger partial charge in [-0.15, -0.1) is 0 Å². The number of nitrogens with one attached hydrogen (secondary N) is 1. The van der Waals surface area contributed by atoms with Crippen LogP contribution in [0.3, 0.4) is 0 Å². The molecule has 1 saturated heterocycles. The molecule has 2 aliphatic rings. The Morgan fingerprint density at radius 1 is 1.19 bits per heavy atom. The van der Waals surface area contributed by atoms with E-state index in [0.29, 0.717) is 6.54 Å². The van der Waals surface area contributed by atoms with Crippen molar-refractivity contribution in [1.29, 1.82) is 0 Å². The number of amides is 1. The number of thiocarbonyl (C=S) groups is 1. The lowest BCUT2D eigenvalue weighted by molar-refractivity contribution is -0.505. The highest BCUT2D eigenvalue weighted by Crippen LogP contribution is 2.53. The molecule has 6 nitrogen and oxygen atoms in total. The molecule has 0 radical (unpaired) electrons. The SMILES string of the molecule is CCCN1C(=O)[C@@]2(NC(=S)[C@H]([N+](=O)[O-])[C@H]2c2ccccc2)c2ccccc21. The molecule has 3 atom stereocenters. The Morgan fingerprint density at radius 2 is 1.85 bits per heavy atom. The summed E-state index contributed by atoms with van der Waals surface area (Å²) in [6.45, 7) is 2.55. The first-order valence-electron chi connectivity index (χ1n) is 8.94. The van der Waals surface area contributed by atoms with Gasteiger partial charge >= 0.3 is 0 Å². The van der Waals surface area contributed by atoms with Crippen LogP contribution in [0.15, 0.2) is 54.6 Å². The largest absolute Gasteiger partial charge is 0.356 e. The monoisotopic (exact) mass is 381 g/mol. The second-order valence-electron chi connectivity index (χ2n) is 6.89. The minimum Gasteiger partial charge on any atom is -0.356 e. The summed E-state index contributed by atoms with van der Waals surface area (Å²) in [6.07, 6.45) is 0.787. The van der Waals surface area contributed by atoms with Gasteiger partial charge in [-0.05, 0) is 18.1 Å². The predicted octanol–water partition coefficient (Wildman–Crippen LogP) is 3.00. The van der Waals surface area contributed by atoms with Crippen LogP contribution < -0.4 is 10.2 Å². The van der Waals surface area contributed by atoms with E-state index in [1.165, 1.54) is 0 Å². The summed E-state index contributed by atoms with van der Waals surface area (Å²) in [6, 6.07) is 15.5. The Bertz CT molecular complexity index is 933. The van der Waals surface area contributed by atoms with E-state index in [4.69, 9.17) is 12.2 Å². The van der Waals surface area contributed by atoms with Gasteiger partial charge in [-0.3, -0.25) is 14.9 Å². The van der Waals surface area contributed by atoms with Gasteiger partial charge in [0, 0.05) is 22.7 Å². The first kappa shape index (κ1) is 17.6. The number of benzene rings is 2. The van der Waals surface area contributed by atoms with Crippen molar-refractivity contribution in [2.45, 2.75) is 30.8 Å². The lowest BCUT2D eigenvalue weighted by Gasteiger charge is -2.30.